The molecule has 0 spiro atoms. The predicted molar refractivity (Wildman–Crippen MR) is 112 cm³/mol. The maximum absolute atomic E-state index is 5.50. The molecule has 0 N–H and O–H groups in total. The van der Waals surface area contributed by atoms with Crippen molar-refractivity contribution in [1.29, 1.82) is 0 Å². The van der Waals surface area contributed by atoms with Crippen molar-refractivity contribution in [2.24, 2.45) is 17.3 Å². The molecule has 0 aliphatic heterocycles. The van der Waals surface area contributed by atoms with Gasteiger partial charge < -0.3 is 9.30 Å². The van der Waals surface area contributed by atoms with Gasteiger partial charge >= 0.3 is 0 Å². The van der Waals surface area contributed by atoms with Gasteiger partial charge in [0.1, 0.15) is 5.75 Å². The van der Waals surface area contributed by atoms with Gasteiger partial charge in [-0.3, -0.25) is 0 Å². The molecule has 6 heteroatoms. The summed E-state index contributed by atoms with van der Waals surface area (Å²) in [5.41, 5.74) is 4.17. The third-order valence-corrected chi connectivity index (χ3v) is 5.37. The topological polar surface area (TPSA) is 38.9 Å². The highest BCUT2D eigenvalue weighted by atomic mass is 79.9. The van der Waals surface area contributed by atoms with E-state index < -0.39 is 0 Å². The Morgan fingerprint density at radius 1 is 1.12 bits per heavy atom. The van der Waals surface area contributed by atoms with Gasteiger partial charge in [0, 0.05) is 16.9 Å². The molecule has 0 saturated carbocycles. The van der Waals surface area contributed by atoms with E-state index in [4.69, 9.17) is 4.74 Å². The van der Waals surface area contributed by atoms with Crippen molar-refractivity contribution in [2.75, 3.05) is 6.61 Å². The molecule has 1 aromatic heterocycles. The summed E-state index contributed by atoms with van der Waals surface area (Å²) in [5, 5.41) is 10.9. The van der Waals surface area contributed by atoms with E-state index in [1.807, 2.05) is 57.3 Å². The van der Waals surface area contributed by atoms with Crippen molar-refractivity contribution in [3.05, 3.63) is 68.7 Å². The number of halogens is 1. The van der Waals surface area contributed by atoms with Gasteiger partial charge in [0.2, 0.25) is 4.80 Å². The van der Waals surface area contributed by atoms with Crippen LogP contribution in [0.4, 0.5) is 0 Å². The molecule has 0 amide bonds. The summed E-state index contributed by atoms with van der Waals surface area (Å²) in [7, 11) is 2.01. The van der Waals surface area contributed by atoms with Crippen molar-refractivity contribution < 1.29 is 4.74 Å². The molecule has 26 heavy (non-hydrogen) atoms. The zero-order valence-corrected chi connectivity index (χ0v) is 17.3. The second kappa shape index (κ2) is 8.47. The van der Waals surface area contributed by atoms with Gasteiger partial charge in [0.15, 0.2) is 0 Å². The van der Waals surface area contributed by atoms with Crippen LogP contribution in [0.1, 0.15) is 19.4 Å². The Morgan fingerprint density at radius 2 is 1.81 bits per heavy atom. The van der Waals surface area contributed by atoms with E-state index in [2.05, 4.69) is 48.2 Å². The van der Waals surface area contributed by atoms with Crippen molar-refractivity contribution in [1.82, 2.24) is 4.57 Å². The van der Waals surface area contributed by atoms with Crippen LogP contribution in [-0.2, 0) is 7.05 Å². The van der Waals surface area contributed by atoms with Gasteiger partial charge in [-0.05, 0) is 61.4 Å². The molecule has 3 rings (SSSR count). The Morgan fingerprint density at radius 3 is 2.46 bits per heavy atom. The lowest BCUT2D eigenvalue weighted by Gasteiger charge is -2.05. The Kier molecular flexibility index (Phi) is 6.06. The number of hydrogen-bond donors (Lipinski definition) is 0. The summed E-state index contributed by atoms with van der Waals surface area (Å²) in [4.78, 5) is 0.852. The molecule has 4 nitrogen and oxygen atoms in total. The van der Waals surface area contributed by atoms with Gasteiger partial charge in [0.05, 0.1) is 18.0 Å². The molecule has 0 bridgehead atoms. The SMILES string of the molecule is CCOc1ccc(-c2cs/c(=N\N=C(\C)c3ccc(Br)cc3)n2C)cc1. The largest absolute Gasteiger partial charge is 0.494 e. The molecule has 134 valence electrons. The lowest BCUT2D eigenvalue weighted by Crippen LogP contribution is -2.11. The van der Waals surface area contributed by atoms with Crippen molar-refractivity contribution in [3.8, 4) is 17.0 Å². The number of ether oxygens (including phenoxy) is 1. The third-order valence-electron chi connectivity index (χ3n) is 3.93. The summed E-state index contributed by atoms with van der Waals surface area (Å²) in [6.45, 7) is 4.62. The van der Waals surface area contributed by atoms with Crippen molar-refractivity contribution in [3.63, 3.8) is 0 Å². The van der Waals surface area contributed by atoms with Crippen LogP contribution < -0.4 is 9.54 Å². The maximum atomic E-state index is 5.50. The van der Waals surface area contributed by atoms with Crippen LogP contribution in [0, 0.1) is 0 Å². The number of nitrogens with zero attached hydrogens (tertiary/aromatic N) is 3. The molecule has 2 aromatic carbocycles. The first-order chi connectivity index (χ1) is 12.6. The van der Waals surface area contributed by atoms with Crippen LogP contribution >= 0.6 is 27.3 Å². The van der Waals surface area contributed by atoms with Crippen LogP contribution in [0.5, 0.6) is 5.75 Å². The zero-order valence-electron chi connectivity index (χ0n) is 14.9. The molecule has 0 atom stereocenters. The smallest absolute Gasteiger partial charge is 0.210 e. The number of hydrogen-bond acceptors (Lipinski definition) is 4. The molecular formula is C20H20BrN3OS. The minimum Gasteiger partial charge on any atom is -0.494 e. The molecule has 0 aliphatic rings. The molecule has 3 aromatic rings. The molecule has 0 radical (unpaired) electrons. The van der Waals surface area contributed by atoms with Crippen LogP contribution in [-0.4, -0.2) is 16.9 Å². The molecule has 1 heterocycles. The third kappa shape index (κ3) is 4.31. The maximum Gasteiger partial charge on any atom is 0.210 e. The minimum absolute atomic E-state index is 0.671. The Hall–Kier alpha value is -2.18. The summed E-state index contributed by atoms with van der Waals surface area (Å²) in [6.07, 6.45) is 0. The number of rotatable bonds is 5. The standard InChI is InChI=1S/C20H20BrN3OS/c1-4-25-18-11-7-16(8-12-18)19-13-26-20(24(19)3)23-22-14(2)15-5-9-17(21)10-6-15/h5-13H,4H2,1-3H3/b22-14-,23-20-. The van der Waals surface area contributed by atoms with Gasteiger partial charge in [-0.1, -0.05) is 28.1 Å². The lowest BCUT2D eigenvalue weighted by molar-refractivity contribution is 0.340. The number of aromatic nitrogens is 1. The normalized spacial score (nSPS) is 12.5. The first-order valence-corrected chi connectivity index (χ1v) is 9.97. The van der Waals surface area contributed by atoms with Gasteiger partial charge in [-0.2, -0.15) is 5.10 Å². The minimum atomic E-state index is 0.671. The number of thiazole rings is 1. The molecule has 0 unspecified atom stereocenters. The first kappa shape index (κ1) is 18.6. The van der Waals surface area contributed by atoms with Crippen LogP contribution in [0.25, 0.3) is 11.3 Å². The Bertz CT molecular complexity index is 970. The second-order valence-electron chi connectivity index (χ2n) is 5.71. The van der Waals surface area contributed by atoms with Crippen LogP contribution in [0.3, 0.4) is 0 Å². The highest BCUT2D eigenvalue weighted by Gasteiger charge is 2.05. The first-order valence-electron chi connectivity index (χ1n) is 8.30. The fourth-order valence-electron chi connectivity index (χ4n) is 2.48. The van der Waals surface area contributed by atoms with E-state index in [1.165, 1.54) is 0 Å². The monoisotopic (exact) mass is 429 g/mol. The van der Waals surface area contributed by atoms with Crippen molar-refractivity contribution >= 4 is 33.0 Å². The fraction of sp³-hybridized carbons (Fsp3) is 0.200. The Labute approximate surface area is 165 Å². The average molecular weight is 430 g/mol. The van der Waals surface area contributed by atoms with Crippen LogP contribution in [0.2, 0.25) is 0 Å². The zero-order chi connectivity index (χ0) is 18.5. The quantitative estimate of drug-likeness (QED) is 0.403. The Balaban J connectivity index is 1.87. The average Bonchev–Trinajstić information content (AvgIpc) is 3.02. The lowest BCUT2D eigenvalue weighted by atomic mass is 10.1. The van der Waals surface area contributed by atoms with E-state index in [0.717, 1.165) is 37.6 Å². The van der Waals surface area contributed by atoms with E-state index in [9.17, 15) is 0 Å². The second-order valence-corrected chi connectivity index (χ2v) is 7.46. The summed E-state index contributed by atoms with van der Waals surface area (Å²) in [6, 6.07) is 16.2. The highest BCUT2D eigenvalue weighted by molar-refractivity contribution is 9.10. The fourth-order valence-corrected chi connectivity index (χ4v) is 3.60. The van der Waals surface area contributed by atoms with Gasteiger partial charge in [-0.25, -0.2) is 0 Å². The van der Waals surface area contributed by atoms with E-state index in [-0.39, 0.29) is 0 Å². The van der Waals surface area contributed by atoms with Gasteiger partial charge in [0.25, 0.3) is 0 Å². The summed E-state index contributed by atoms with van der Waals surface area (Å²) >= 11 is 5.02. The predicted octanol–water partition coefficient (Wildman–Crippen LogP) is 5.24. The van der Waals surface area contributed by atoms with E-state index in [0.29, 0.717) is 6.61 Å². The molecule has 0 saturated heterocycles. The van der Waals surface area contributed by atoms with E-state index >= 15 is 0 Å². The summed E-state index contributed by atoms with van der Waals surface area (Å²) in [5.74, 6) is 0.883. The number of benzene rings is 2. The molecule has 0 fully saturated rings. The van der Waals surface area contributed by atoms with E-state index in [1.54, 1.807) is 11.3 Å². The molecule has 0 aliphatic carbocycles. The molecular weight excluding hydrogens is 410 g/mol. The van der Waals surface area contributed by atoms with Gasteiger partial charge in [-0.15, -0.1) is 16.4 Å². The highest BCUT2D eigenvalue weighted by Crippen LogP contribution is 2.22. The van der Waals surface area contributed by atoms with Crippen LogP contribution in [0.15, 0.2) is 68.6 Å². The summed E-state index contributed by atoms with van der Waals surface area (Å²) < 4.78 is 8.61. The van der Waals surface area contributed by atoms with Crippen molar-refractivity contribution in [2.45, 2.75) is 13.8 Å².